The summed E-state index contributed by atoms with van der Waals surface area (Å²) in [5.74, 6) is 0.705. The summed E-state index contributed by atoms with van der Waals surface area (Å²) in [6.07, 6.45) is 1.12. The molecule has 3 rings (SSSR count). The fourth-order valence-corrected chi connectivity index (χ4v) is 2.45. The van der Waals surface area contributed by atoms with Crippen molar-refractivity contribution in [2.75, 3.05) is 6.61 Å². The predicted octanol–water partition coefficient (Wildman–Crippen LogP) is 3.44. The van der Waals surface area contributed by atoms with Crippen molar-refractivity contribution < 1.29 is 9.84 Å². The van der Waals surface area contributed by atoms with Gasteiger partial charge < -0.3 is 14.4 Å². The first-order chi connectivity index (χ1) is 10.6. The van der Waals surface area contributed by atoms with Gasteiger partial charge in [-0.25, -0.2) is 4.98 Å². The Balaban J connectivity index is 1.62. The van der Waals surface area contributed by atoms with Crippen LogP contribution in [-0.4, -0.2) is 27.4 Å². The van der Waals surface area contributed by atoms with Crippen LogP contribution < -0.4 is 4.74 Å². The number of aliphatic hydroxyl groups excluding tert-OH is 1. The highest BCUT2D eigenvalue weighted by atomic mass is 35.5. The third-order valence-electron chi connectivity index (χ3n) is 3.51. The lowest BCUT2D eigenvalue weighted by Gasteiger charge is -2.14. The summed E-state index contributed by atoms with van der Waals surface area (Å²) in [4.78, 5) is 4.31. The molecule has 5 heteroatoms. The Morgan fingerprint density at radius 1 is 1.27 bits per heavy atom. The summed E-state index contributed by atoms with van der Waals surface area (Å²) in [7, 11) is 0. The van der Waals surface area contributed by atoms with Crippen LogP contribution in [0.1, 0.15) is 5.56 Å². The Morgan fingerprint density at radius 2 is 2.09 bits per heavy atom. The summed E-state index contributed by atoms with van der Waals surface area (Å²) in [6.45, 7) is 2.57. The molecule has 4 nitrogen and oxygen atoms in total. The lowest BCUT2D eigenvalue weighted by atomic mass is 10.2. The molecule has 22 heavy (non-hydrogen) atoms. The number of ether oxygens (including phenoxy) is 1. The number of para-hydroxylation sites is 2. The van der Waals surface area contributed by atoms with E-state index < -0.39 is 6.10 Å². The van der Waals surface area contributed by atoms with E-state index in [1.165, 1.54) is 0 Å². The molecule has 0 amide bonds. The molecule has 1 atom stereocenters. The fourth-order valence-electron chi connectivity index (χ4n) is 2.33. The van der Waals surface area contributed by atoms with Gasteiger partial charge in [-0.05, 0) is 42.8 Å². The standard InChI is InChI=1S/C17H17ClN2O2/c1-12-8-14(6-7-15(12)18)22-10-13(21)9-20-11-19-16-4-2-3-5-17(16)20/h2-8,11,13,21H,9-10H2,1H3/t13-/m0/s1. The van der Waals surface area contributed by atoms with Gasteiger partial charge in [0.15, 0.2) is 0 Å². The first kappa shape index (κ1) is 14.9. The summed E-state index contributed by atoms with van der Waals surface area (Å²) in [5.41, 5.74) is 2.88. The molecule has 0 aliphatic carbocycles. The largest absolute Gasteiger partial charge is 0.491 e. The zero-order valence-corrected chi connectivity index (χ0v) is 13.0. The molecule has 1 aromatic heterocycles. The van der Waals surface area contributed by atoms with Crippen LogP contribution in [0.15, 0.2) is 48.8 Å². The van der Waals surface area contributed by atoms with Crippen LogP contribution in [0, 0.1) is 6.92 Å². The van der Waals surface area contributed by atoms with Crippen LogP contribution in [0.2, 0.25) is 5.02 Å². The zero-order chi connectivity index (χ0) is 15.5. The van der Waals surface area contributed by atoms with Gasteiger partial charge in [-0.15, -0.1) is 0 Å². The molecule has 0 radical (unpaired) electrons. The van der Waals surface area contributed by atoms with Gasteiger partial charge in [-0.2, -0.15) is 0 Å². The molecular weight excluding hydrogens is 300 g/mol. The molecule has 0 aliphatic rings. The van der Waals surface area contributed by atoms with Crippen molar-refractivity contribution in [3.8, 4) is 5.75 Å². The molecular formula is C17H17ClN2O2. The number of rotatable bonds is 5. The molecule has 0 fully saturated rings. The van der Waals surface area contributed by atoms with Crippen molar-refractivity contribution in [2.45, 2.75) is 19.6 Å². The Bertz CT molecular complexity index is 785. The maximum absolute atomic E-state index is 10.2. The van der Waals surface area contributed by atoms with Crippen molar-refractivity contribution in [3.63, 3.8) is 0 Å². The van der Waals surface area contributed by atoms with Gasteiger partial charge in [-0.3, -0.25) is 0 Å². The second-order valence-electron chi connectivity index (χ2n) is 5.26. The molecule has 0 saturated heterocycles. The van der Waals surface area contributed by atoms with Crippen molar-refractivity contribution in [3.05, 3.63) is 59.4 Å². The van der Waals surface area contributed by atoms with Gasteiger partial charge in [0.25, 0.3) is 0 Å². The highest BCUT2D eigenvalue weighted by molar-refractivity contribution is 6.31. The number of aliphatic hydroxyl groups is 1. The number of hydrogen-bond acceptors (Lipinski definition) is 3. The summed E-state index contributed by atoms with van der Waals surface area (Å²) < 4.78 is 7.55. The minimum atomic E-state index is -0.617. The Hall–Kier alpha value is -2.04. The summed E-state index contributed by atoms with van der Waals surface area (Å²) >= 11 is 5.98. The third-order valence-corrected chi connectivity index (χ3v) is 3.93. The van der Waals surface area contributed by atoms with Crippen LogP contribution in [-0.2, 0) is 6.54 Å². The summed E-state index contributed by atoms with van der Waals surface area (Å²) in [6, 6.07) is 13.3. The minimum absolute atomic E-state index is 0.216. The predicted molar refractivity (Wildman–Crippen MR) is 87.4 cm³/mol. The van der Waals surface area contributed by atoms with E-state index in [1.54, 1.807) is 18.5 Å². The number of imidazole rings is 1. The van der Waals surface area contributed by atoms with Crippen molar-refractivity contribution in [1.29, 1.82) is 0 Å². The van der Waals surface area contributed by atoms with Crippen LogP contribution in [0.5, 0.6) is 5.75 Å². The third kappa shape index (κ3) is 3.24. The highest BCUT2D eigenvalue weighted by Crippen LogP contribution is 2.21. The Kier molecular flexibility index (Phi) is 4.32. The van der Waals surface area contributed by atoms with E-state index in [1.807, 2.05) is 41.8 Å². The first-order valence-electron chi connectivity index (χ1n) is 7.10. The average Bonchev–Trinajstić information content (AvgIpc) is 2.92. The van der Waals surface area contributed by atoms with Gasteiger partial charge in [0.05, 0.1) is 23.9 Å². The van der Waals surface area contributed by atoms with Crippen LogP contribution in [0.3, 0.4) is 0 Å². The molecule has 114 valence electrons. The van der Waals surface area contributed by atoms with Crippen molar-refractivity contribution in [2.24, 2.45) is 0 Å². The molecule has 0 bridgehead atoms. The van der Waals surface area contributed by atoms with Gasteiger partial charge in [-0.1, -0.05) is 23.7 Å². The van der Waals surface area contributed by atoms with E-state index in [2.05, 4.69) is 4.98 Å². The number of nitrogens with zero attached hydrogens (tertiary/aromatic N) is 2. The number of aromatic nitrogens is 2. The van der Waals surface area contributed by atoms with E-state index in [-0.39, 0.29) is 6.61 Å². The highest BCUT2D eigenvalue weighted by Gasteiger charge is 2.09. The zero-order valence-electron chi connectivity index (χ0n) is 12.2. The van der Waals surface area contributed by atoms with E-state index >= 15 is 0 Å². The Morgan fingerprint density at radius 3 is 2.91 bits per heavy atom. The quantitative estimate of drug-likeness (QED) is 0.784. The smallest absolute Gasteiger partial charge is 0.119 e. The van der Waals surface area contributed by atoms with Crippen molar-refractivity contribution >= 4 is 22.6 Å². The molecule has 0 aliphatic heterocycles. The minimum Gasteiger partial charge on any atom is -0.491 e. The maximum Gasteiger partial charge on any atom is 0.119 e. The monoisotopic (exact) mass is 316 g/mol. The molecule has 3 aromatic rings. The lowest BCUT2D eigenvalue weighted by Crippen LogP contribution is -2.23. The van der Waals surface area contributed by atoms with E-state index in [0.717, 1.165) is 16.6 Å². The van der Waals surface area contributed by atoms with Gasteiger partial charge in [0.2, 0.25) is 0 Å². The van der Waals surface area contributed by atoms with E-state index in [4.69, 9.17) is 16.3 Å². The summed E-state index contributed by atoms with van der Waals surface area (Å²) in [5, 5.41) is 10.9. The Labute approximate surface area is 133 Å². The second kappa shape index (κ2) is 6.38. The van der Waals surface area contributed by atoms with Gasteiger partial charge >= 0.3 is 0 Å². The molecule has 1 N–H and O–H groups in total. The van der Waals surface area contributed by atoms with Crippen LogP contribution >= 0.6 is 11.6 Å². The molecule has 0 unspecified atom stereocenters. The number of benzene rings is 2. The normalized spacial score (nSPS) is 12.5. The maximum atomic E-state index is 10.2. The van der Waals surface area contributed by atoms with Gasteiger partial charge in [0.1, 0.15) is 18.5 Å². The number of fused-ring (bicyclic) bond motifs is 1. The van der Waals surface area contributed by atoms with Gasteiger partial charge in [0, 0.05) is 5.02 Å². The average molecular weight is 317 g/mol. The topological polar surface area (TPSA) is 47.3 Å². The molecule has 2 aromatic carbocycles. The number of hydrogen-bond donors (Lipinski definition) is 1. The second-order valence-corrected chi connectivity index (χ2v) is 5.67. The molecule has 0 spiro atoms. The van der Waals surface area contributed by atoms with E-state index in [9.17, 15) is 5.11 Å². The number of halogens is 1. The molecule has 0 saturated carbocycles. The number of aryl methyl sites for hydroxylation is 1. The van der Waals surface area contributed by atoms with Crippen LogP contribution in [0.25, 0.3) is 11.0 Å². The van der Waals surface area contributed by atoms with E-state index in [0.29, 0.717) is 17.3 Å². The fraction of sp³-hybridized carbons (Fsp3) is 0.235. The van der Waals surface area contributed by atoms with Crippen molar-refractivity contribution in [1.82, 2.24) is 9.55 Å². The SMILES string of the molecule is Cc1cc(OC[C@@H](O)Cn2cnc3ccccc32)ccc1Cl. The lowest BCUT2D eigenvalue weighted by molar-refractivity contribution is 0.0934. The molecule has 1 heterocycles. The first-order valence-corrected chi connectivity index (χ1v) is 7.48. The van der Waals surface area contributed by atoms with Crippen LogP contribution in [0.4, 0.5) is 0 Å².